The number of amides is 1. The van der Waals surface area contributed by atoms with Crippen LogP contribution in [0.5, 0.6) is 0 Å². The van der Waals surface area contributed by atoms with E-state index in [1.807, 2.05) is 24.3 Å². The molecule has 2 aromatic carbocycles. The molecule has 4 rings (SSSR count). The molecule has 4 aromatic rings. The molecule has 0 aliphatic rings. The predicted octanol–water partition coefficient (Wildman–Crippen LogP) is 3.13. The number of anilines is 1. The Bertz CT molecular complexity index is 1200. The van der Waals surface area contributed by atoms with Crippen LogP contribution in [0.3, 0.4) is 0 Å². The molecule has 2 aromatic heterocycles. The Kier molecular flexibility index (Phi) is 4.57. The van der Waals surface area contributed by atoms with E-state index in [-0.39, 0.29) is 17.3 Å². The SMILES string of the molecule is O=C(Nc1ncn(Cc2cccc(Br)c2)n1)c1n[nH]c2ccc([N+](=O)[O-])cc12. The number of carbonyl (C=O) groups is 1. The van der Waals surface area contributed by atoms with Crippen molar-refractivity contribution in [1.82, 2.24) is 25.0 Å². The second-order valence-electron chi connectivity index (χ2n) is 5.91. The van der Waals surface area contributed by atoms with Crippen molar-refractivity contribution < 1.29 is 9.72 Å². The molecule has 2 heterocycles. The second kappa shape index (κ2) is 7.19. The average Bonchev–Trinajstić information content (AvgIpc) is 3.27. The summed E-state index contributed by atoms with van der Waals surface area (Å²) in [5, 5.41) is 24.7. The number of non-ortho nitro benzene ring substituents is 1. The molecule has 1 amide bonds. The van der Waals surface area contributed by atoms with Crippen molar-refractivity contribution >= 4 is 44.4 Å². The largest absolute Gasteiger partial charge is 0.288 e. The highest BCUT2D eigenvalue weighted by atomic mass is 79.9. The predicted molar refractivity (Wildman–Crippen MR) is 104 cm³/mol. The summed E-state index contributed by atoms with van der Waals surface area (Å²) in [6, 6.07) is 11.9. The van der Waals surface area contributed by atoms with E-state index in [0.717, 1.165) is 10.0 Å². The first kappa shape index (κ1) is 17.8. The summed E-state index contributed by atoms with van der Waals surface area (Å²) in [5.74, 6) is -0.450. The Morgan fingerprint density at radius 3 is 2.93 bits per heavy atom. The zero-order chi connectivity index (χ0) is 19.7. The summed E-state index contributed by atoms with van der Waals surface area (Å²) >= 11 is 3.41. The summed E-state index contributed by atoms with van der Waals surface area (Å²) in [7, 11) is 0. The van der Waals surface area contributed by atoms with Gasteiger partial charge in [-0.15, -0.1) is 5.10 Å². The number of hydrogen-bond acceptors (Lipinski definition) is 6. The van der Waals surface area contributed by atoms with Crippen LogP contribution >= 0.6 is 15.9 Å². The Hall–Kier alpha value is -3.60. The van der Waals surface area contributed by atoms with Crippen LogP contribution in [0, 0.1) is 10.1 Å². The summed E-state index contributed by atoms with van der Waals surface area (Å²) in [6.07, 6.45) is 1.50. The number of nitro groups is 1. The van der Waals surface area contributed by atoms with E-state index in [0.29, 0.717) is 17.4 Å². The van der Waals surface area contributed by atoms with Crippen LogP contribution < -0.4 is 5.32 Å². The number of rotatable bonds is 5. The van der Waals surface area contributed by atoms with Gasteiger partial charge in [-0.25, -0.2) is 9.67 Å². The molecule has 10 nitrogen and oxygen atoms in total. The number of nitrogens with zero attached hydrogens (tertiary/aromatic N) is 5. The Labute approximate surface area is 165 Å². The molecular weight excluding hydrogens is 430 g/mol. The topological polar surface area (TPSA) is 132 Å². The van der Waals surface area contributed by atoms with Gasteiger partial charge in [0.15, 0.2) is 5.69 Å². The maximum absolute atomic E-state index is 12.5. The number of nitrogens with one attached hydrogen (secondary N) is 2. The molecule has 28 heavy (non-hydrogen) atoms. The van der Waals surface area contributed by atoms with Gasteiger partial charge >= 0.3 is 0 Å². The first-order valence-corrected chi connectivity index (χ1v) is 8.86. The number of carbonyl (C=O) groups excluding carboxylic acids is 1. The van der Waals surface area contributed by atoms with Gasteiger partial charge < -0.3 is 0 Å². The van der Waals surface area contributed by atoms with E-state index in [1.54, 1.807) is 4.68 Å². The zero-order valence-electron chi connectivity index (χ0n) is 14.2. The number of aromatic nitrogens is 5. The minimum absolute atomic E-state index is 0.0297. The van der Waals surface area contributed by atoms with Crippen molar-refractivity contribution in [2.75, 3.05) is 5.32 Å². The highest BCUT2D eigenvalue weighted by Gasteiger charge is 2.18. The van der Waals surface area contributed by atoms with Gasteiger partial charge in [0.25, 0.3) is 11.6 Å². The maximum atomic E-state index is 12.5. The average molecular weight is 442 g/mol. The lowest BCUT2D eigenvalue weighted by Gasteiger charge is -2.02. The van der Waals surface area contributed by atoms with Crippen molar-refractivity contribution in [3.05, 3.63) is 74.6 Å². The van der Waals surface area contributed by atoms with Crippen molar-refractivity contribution in [1.29, 1.82) is 0 Å². The Morgan fingerprint density at radius 1 is 1.29 bits per heavy atom. The third-order valence-corrected chi connectivity index (χ3v) is 4.46. The molecule has 11 heteroatoms. The van der Waals surface area contributed by atoms with Crippen LogP contribution in [-0.4, -0.2) is 35.8 Å². The Balaban J connectivity index is 1.53. The zero-order valence-corrected chi connectivity index (χ0v) is 15.8. The van der Waals surface area contributed by atoms with Gasteiger partial charge in [-0.05, 0) is 23.8 Å². The molecule has 0 spiro atoms. The summed E-state index contributed by atoms with van der Waals surface area (Å²) < 4.78 is 2.54. The normalized spacial score (nSPS) is 10.9. The molecule has 0 saturated carbocycles. The fraction of sp³-hybridized carbons (Fsp3) is 0.0588. The number of fused-ring (bicyclic) bond motifs is 1. The molecule has 0 aliphatic heterocycles. The first-order chi connectivity index (χ1) is 13.5. The minimum Gasteiger partial charge on any atom is -0.288 e. The van der Waals surface area contributed by atoms with E-state index < -0.39 is 10.8 Å². The van der Waals surface area contributed by atoms with Gasteiger partial charge in [0.2, 0.25) is 5.95 Å². The summed E-state index contributed by atoms with van der Waals surface area (Å²) in [6.45, 7) is 0.486. The van der Waals surface area contributed by atoms with Crippen LogP contribution in [0.25, 0.3) is 10.9 Å². The fourth-order valence-corrected chi connectivity index (χ4v) is 3.15. The van der Waals surface area contributed by atoms with Crippen LogP contribution in [-0.2, 0) is 6.54 Å². The molecule has 0 unspecified atom stereocenters. The van der Waals surface area contributed by atoms with Gasteiger partial charge in [0, 0.05) is 22.0 Å². The van der Waals surface area contributed by atoms with E-state index in [9.17, 15) is 14.9 Å². The van der Waals surface area contributed by atoms with Crippen molar-refractivity contribution in [3.8, 4) is 0 Å². The van der Waals surface area contributed by atoms with Gasteiger partial charge in [-0.2, -0.15) is 5.10 Å². The number of nitro benzene ring substituents is 1. The molecule has 0 saturated heterocycles. The van der Waals surface area contributed by atoms with Crippen LogP contribution in [0.2, 0.25) is 0 Å². The van der Waals surface area contributed by atoms with Crippen molar-refractivity contribution in [2.45, 2.75) is 6.54 Å². The molecule has 0 fully saturated rings. The molecule has 0 atom stereocenters. The number of hydrogen-bond donors (Lipinski definition) is 2. The van der Waals surface area contributed by atoms with Gasteiger partial charge in [0.05, 0.1) is 17.0 Å². The number of benzene rings is 2. The maximum Gasteiger partial charge on any atom is 0.279 e. The van der Waals surface area contributed by atoms with Crippen molar-refractivity contribution in [2.24, 2.45) is 0 Å². The Morgan fingerprint density at radius 2 is 2.14 bits per heavy atom. The number of halogens is 1. The standard InChI is InChI=1S/C17H12BrN7O3/c18-11-3-1-2-10(6-11)8-24-9-19-17(23-24)20-16(26)15-13-7-12(25(27)28)4-5-14(13)21-22-15/h1-7,9H,8H2,(H,21,22)(H,20,23,26). The minimum atomic E-state index is -0.563. The molecular formula is C17H12BrN7O3. The van der Waals surface area contributed by atoms with E-state index >= 15 is 0 Å². The van der Waals surface area contributed by atoms with Gasteiger partial charge in [0.1, 0.15) is 6.33 Å². The van der Waals surface area contributed by atoms with Gasteiger partial charge in [-0.3, -0.25) is 25.3 Å². The second-order valence-corrected chi connectivity index (χ2v) is 6.82. The van der Waals surface area contributed by atoms with Gasteiger partial charge in [-0.1, -0.05) is 28.1 Å². The highest BCUT2D eigenvalue weighted by molar-refractivity contribution is 9.10. The quantitative estimate of drug-likeness (QED) is 0.361. The highest BCUT2D eigenvalue weighted by Crippen LogP contribution is 2.22. The summed E-state index contributed by atoms with van der Waals surface area (Å²) in [5.41, 5.74) is 1.44. The number of H-pyrrole nitrogens is 1. The lowest BCUT2D eigenvalue weighted by molar-refractivity contribution is -0.384. The molecule has 2 N–H and O–H groups in total. The van der Waals surface area contributed by atoms with Crippen molar-refractivity contribution in [3.63, 3.8) is 0 Å². The first-order valence-electron chi connectivity index (χ1n) is 8.07. The lowest BCUT2D eigenvalue weighted by Crippen LogP contribution is -2.14. The van der Waals surface area contributed by atoms with Crippen LogP contribution in [0.15, 0.2) is 53.3 Å². The summed E-state index contributed by atoms with van der Waals surface area (Å²) in [4.78, 5) is 27.0. The number of aromatic amines is 1. The molecule has 0 radical (unpaired) electrons. The third-order valence-electron chi connectivity index (χ3n) is 3.97. The smallest absolute Gasteiger partial charge is 0.279 e. The van der Waals surface area contributed by atoms with E-state index in [1.165, 1.54) is 24.5 Å². The fourth-order valence-electron chi connectivity index (χ4n) is 2.70. The lowest BCUT2D eigenvalue weighted by atomic mass is 10.2. The molecule has 0 aliphatic carbocycles. The molecule has 0 bridgehead atoms. The third kappa shape index (κ3) is 3.60. The van der Waals surface area contributed by atoms with Crippen LogP contribution in [0.4, 0.5) is 11.6 Å². The monoisotopic (exact) mass is 441 g/mol. The molecule has 140 valence electrons. The van der Waals surface area contributed by atoms with Crippen LogP contribution in [0.1, 0.15) is 16.1 Å². The van der Waals surface area contributed by atoms with E-state index in [2.05, 4.69) is 41.5 Å². The van der Waals surface area contributed by atoms with E-state index in [4.69, 9.17) is 0 Å².